The maximum absolute atomic E-state index is 11.1. The van der Waals surface area contributed by atoms with Gasteiger partial charge in [0.1, 0.15) is 11.5 Å². The summed E-state index contributed by atoms with van der Waals surface area (Å²) in [5, 5.41) is 5.90. The van der Waals surface area contributed by atoms with Gasteiger partial charge in [-0.15, -0.1) is 0 Å². The lowest BCUT2D eigenvalue weighted by Gasteiger charge is -2.14. The van der Waals surface area contributed by atoms with E-state index in [4.69, 9.17) is 9.47 Å². The van der Waals surface area contributed by atoms with Gasteiger partial charge in [0.15, 0.2) is 0 Å². The highest BCUT2D eigenvalue weighted by molar-refractivity contribution is 5.75. The topological polar surface area (TPSA) is 59.6 Å². The molecule has 1 rings (SSSR count). The summed E-state index contributed by atoms with van der Waals surface area (Å²) in [7, 11) is 1.65. The minimum Gasteiger partial charge on any atom is -0.494 e. The molecule has 5 heteroatoms. The summed E-state index contributed by atoms with van der Waals surface area (Å²) >= 11 is 0. The molecule has 1 aromatic carbocycles. The molecule has 0 bridgehead atoms. The molecule has 0 radical (unpaired) electrons. The van der Waals surface area contributed by atoms with Crippen LogP contribution in [-0.2, 0) is 4.79 Å². The standard InChI is InChI=1S/C15H24N2O3/c1-4-19-12-8-9-14(20-5-2)13(11-12)17-10-6-7-15(18)16-3/h8-9,11,17H,4-7,10H2,1-3H3,(H,16,18). The minimum atomic E-state index is 0.0555. The molecule has 0 saturated heterocycles. The first kappa shape index (κ1) is 16.1. The number of carbonyl (C=O) groups excluding carboxylic acids is 1. The van der Waals surface area contributed by atoms with Gasteiger partial charge in [0.2, 0.25) is 5.91 Å². The molecule has 0 saturated carbocycles. The smallest absolute Gasteiger partial charge is 0.219 e. The first-order chi connectivity index (χ1) is 9.71. The fraction of sp³-hybridized carbons (Fsp3) is 0.533. The van der Waals surface area contributed by atoms with Crippen molar-refractivity contribution in [2.75, 3.05) is 32.1 Å². The van der Waals surface area contributed by atoms with Gasteiger partial charge >= 0.3 is 0 Å². The van der Waals surface area contributed by atoms with Crippen LogP contribution in [0.25, 0.3) is 0 Å². The number of amides is 1. The van der Waals surface area contributed by atoms with E-state index >= 15 is 0 Å². The van der Waals surface area contributed by atoms with Gasteiger partial charge in [0.05, 0.1) is 18.9 Å². The second-order valence-corrected chi connectivity index (χ2v) is 4.23. The Kier molecular flexibility index (Phi) is 7.32. The van der Waals surface area contributed by atoms with Crippen molar-refractivity contribution in [1.82, 2.24) is 5.32 Å². The fourth-order valence-electron chi connectivity index (χ4n) is 1.78. The van der Waals surface area contributed by atoms with Crippen molar-refractivity contribution >= 4 is 11.6 Å². The zero-order valence-corrected chi connectivity index (χ0v) is 12.5. The van der Waals surface area contributed by atoms with Gasteiger partial charge in [-0.3, -0.25) is 4.79 Å². The van der Waals surface area contributed by atoms with Gasteiger partial charge < -0.3 is 20.1 Å². The minimum absolute atomic E-state index is 0.0555. The Bertz CT molecular complexity index is 422. The molecular weight excluding hydrogens is 256 g/mol. The number of hydrogen-bond acceptors (Lipinski definition) is 4. The van der Waals surface area contributed by atoms with Gasteiger partial charge in [-0.25, -0.2) is 0 Å². The van der Waals surface area contributed by atoms with Crippen LogP contribution in [0.5, 0.6) is 11.5 Å². The predicted octanol–water partition coefficient (Wildman–Crippen LogP) is 2.42. The second kappa shape index (κ2) is 9.07. The third-order valence-electron chi connectivity index (χ3n) is 2.74. The Morgan fingerprint density at radius 2 is 1.95 bits per heavy atom. The third-order valence-corrected chi connectivity index (χ3v) is 2.74. The first-order valence-electron chi connectivity index (χ1n) is 7.05. The number of anilines is 1. The normalized spacial score (nSPS) is 9.95. The molecule has 5 nitrogen and oxygen atoms in total. The highest BCUT2D eigenvalue weighted by atomic mass is 16.5. The number of hydrogen-bond donors (Lipinski definition) is 2. The van der Waals surface area contributed by atoms with Crippen LogP contribution in [0.15, 0.2) is 18.2 Å². The van der Waals surface area contributed by atoms with E-state index in [0.717, 1.165) is 23.6 Å². The van der Waals surface area contributed by atoms with E-state index in [1.807, 2.05) is 32.0 Å². The van der Waals surface area contributed by atoms with E-state index in [2.05, 4.69) is 10.6 Å². The molecule has 0 atom stereocenters. The van der Waals surface area contributed by atoms with E-state index < -0.39 is 0 Å². The highest BCUT2D eigenvalue weighted by Crippen LogP contribution is 2.29. The monoisotopic (exact) mass is 280 g/mol. The van der Waals surface area contributed by atoms with Crippen molar-refractivity contribution in [2.45, 2.75) is 26.7 Å². The molecule has 1 amide bonds. The molecule has 0 aromatic heterocycles. The molecule has 1 aromatic rings. The Hall–Kier alpha value is -1.91. The summed E-state index contributed by atoms with van der Waals surface area (Å²) < 4.78 is 11.1. The summed E-state index contributed by atoms with van der Waals surface area (Å²) in [6.07, 6.45) is 1.28. The van der Waals surface area contributed by atoms with Crippen LogP contribution in [0.2, 0.25) is 0 Å². The van der Waals surface area contributed by atoms with Gasteiger partial charge in [-0.2, -0.15) is 0 Å². The molecule has 0 unspecified atom stereocenters. The van der Waals surface area contributed by atoms with Crippen LogP contribution in [0.3, 0.4) is 0 Å². The predicted molar refractivity (Wildman–Crippen MR) is 80.6 cm³/mol. The summed E-state index contributed by atoms with van der Waals surface area (Å²) in [6.45, 7) is 5.85. The Balaban J connectivity index is 2.59. The Labute approximate surface area is 120 Å². The Morgan fingerprint density at radius 3 is 2.60 bits per heavy atom. The van der Waals surface area contributed by atoms with Gasteiger partial charge in [0.25, 0.3) is 0 Å². The number of rotatable bonds is 9. The third kappa shape index (κ3) is 5.38. The van der Waals surface area contributed by atoms with Crippen molar-refractivity contribution in [3.8, 4) is 11.5 Å². The van der Waals surface area contributed by atoms with Crippen LogP contribution in [0.4, 0.5) is 5.69 Å². The molecule has 0 spiro atoms. The lowest BCUT2D eigenvalue weighted by molar-refractivity contribution is -0.120. The number of benzene rings is 1. The largest absolute Gasteiger partial charge is 0.494 e. The SMILES string of the molecule is CCOc1ccc(OCC)c(NCCCC(=O)NC)c1. The molecule has 2 N–H and O–H groups in total. The quantitative estimate of drug-likeness (QED) is 0.682. The average molecular weight is 280 g/mol. The number of nitrogens with one attached hydrogen (secondary N) is 2. The summed E-state index contributed by atoms with van der Waals surface area (Å²) in [5.74, 6) is 1.67. The van der Waals surface area contributed by atoms with E-state index in [9.17, 15) is 4.79 Å². The van der Waals surface area contributed by atoms with Crippen molar-refractivity contribution in [3.05, 3.63) is 18.2 Å². The zero-order chi connectivity index (χ0) is 14.8. The van der Waals surface area contributed by atoms with Crippen molar-refractivity contribution in [2.24, 2.45) is 0 Å². The Morgan fingerprint density at radius 1 is 1.20 bits per heavy atom. The van der Waals surface area contributed by atoms with Crippen LogP contribution in [0.1, 0.15) is 26.7 Å². The highest BCUT2D eigenvalue weighted by Gasteiger charge is 2.06. The molecular formula is C15H24N2O3. The summed E-state index contributed by atoms with van der Waals surface area (Å²) in [5.41, 5.74) is 0.898. The van der Waals surface area contributed by atoms with Gasteiger partial charge in [-0.1, -0.05) is 0 Å². The maximum Gasteiger partial charge on any atom is 0.219 e. The molecule has 0 aliphatic carbocycles. The van der Waals surface area contributed by atoms with Gasteiger partial charge in [-0.05, 0) is 32.4 Å². The average Bonchev–Trinajstić information content (AvgIpc) is 2.46. The van der Waals surface area contributed by atoms with E-state index in [1.165, 1.54) is 0 Å². The van der Waals surface area contributed by atoms with Gasteiger partial charge in [0, 0.05) is 26.1 Å². The molecule has 0 heterocycles. The molecule has 0 aliphatic heterocycles. The van der Waals surface area contributed by atoms with E-state index in [1.54, 1.807) is 7.05 Å². The maximum atomic E-state index is 11.1. The van der Waals surface area contributed by atoms with Crippen molar-refractivity contribution in [3.63, 3.8) is 0 Å². The van der Waals surface area contributed by atoms with Crippen LogP contribution < -0.4 is 20.1 Å². The second-order valence-electron chi connectivity index (χ2n) is 4.23. The van der Waals surface area contributed by atoms with E-state index in [0.29, 0.717) is 26.2 Å². The fourth-order valence-corrected chi connectivity index (χ4v) is 1.78. The van der Waals surface area contributed by atoms with Crippen molar-refractivity contribution in [1.29, 1.82) is 0 Å². The van der Waals surface area contributed by atoms with Crippen molar-refractivity contribution < 1.29 is 14.3 Å². The number of ether oxygens (including phenoxy) is 2. The van der Waals surface area contributed by atoms with Crippen LogP contribution in [0, 0.1) is 0 Å². The lowest BCUT2D eigenvalue weighted by atomic mass is 10.2. The summed E-state index contributed by atoms with van der Waals surface area (Å²) in [4.78, 5) is 11.1. The van der Waals surface area contributed by atoms with E-state index in [-0.39, 0.29) is 5.91 Å². The number of carbonyl (C=O) groups is 1. The van der Waals surface area contributed by atoms with Crippen LogP contribution >= 0.6 is 0 Å². The lowest BCUT2D eigenvalue weighted by Crippen LogP contribution is -2.18. The first-order valence-corrected chi connectivity index (χ1v) is 7.05. The van der Waals surface area contributed by atoms with Crippen LogP contribution in [-0.4, -0.2) is 32.7 Å². The zero-order valence-electron chi connectivity index (χ0n) is 12.5. The molecule has 112 valence electrons. The summed E-state index contributed by atoms with van der Waals surface area (Å²) in [6, 6.07) is 5.72. The molecule has 0 aliphatic rings. The molecule has 0 fully saturated rings. The molecule has 20 heavy (non-hydrogen) atoms.